The predicted molar refractivity (Wildman–Crippen MR) is 74.0 cm³/mol. The van der Waals surface area contributed by atoms with Crippen LogP contribution in [0.5, 0.6) is 0 Å². The average molecular weight is 270 g/mol. The molecule has 0 aromatic heterocycles. The molecule has 0 unspecified atom stereocenters. The van der Waals surface area contributed by atoms with Gasteiger partial charge in [0.1, 0.15) is 0 Å². The molecule has 1 heterocycles. The molecule has 110 valence electrons. The minimum atomic E-state index is -0.810. The molecule has 0 saturated carbocycles. The molecule has 1 rings (SSSR count). The van der Waals surface area contributed by atoms with Gasteiger partial charge in [-0.05, 0) is 25.2 Å². The number of urea groups is 1. The van der Waals surface area contributed by atoms with Crippen LogP contribution < -0.4 is 5.32 Å². The summed E-state index contributed by atoms with van der Waals surface area (Å²) >= 11 is 0. The van der Waals surface area contributed by atoms with E-state index in [4.69, 9.17) is 5.11 Å². The van der Waals surface area contributed by atoms with E-state index in [-0.39, 0.29) is 17.5 Å². The number of amides is 2. The molecule has 1 fully saturated rings. The zero-order valence-corrected chi connectivity index (χ0v) is 12.4. The second kappa shape index (κ2) is 6.26. The summed E-state index contributed by atoms with van der Waals surface area (Å²) in [6.45, 7) is 8.93. The van der Waals surface area contributed by atoms with Crippen LogP contribution in [-0.2, 0) is 4.79 Å². The number of hydrogen-bond acceptors (Lipinski definition) is 2. The molecular weight excluding hydrogens is 244 g/mol. The van der Waals surface area contributed by atoms with Crippen molar-refractivity contribution in [2.45, 2.75) is 52.5 Å². The van der Waals surface area contributed by atoms with Crippen molar-refractivity contribution in [1.82, 2.24) is 10.2 Å². The normalized spacial score (nSPS) is 23.5. The SMILES string of the molecule is CCC(CC)(CC)NC(=O)N1C[C@@H](C)[C@H](C(=O)O)C1. The van der Waals surface area contributed by atoms with E-state index in [1.165, 1.54) is 0 Å². The first-order valence-corrected chi connectivity index (χ1v) is 7.19. The molecule has 2 N–H and O–H groups in total. The number of carboxylic acids is 1. The highest BCUT2D eigenvalue weighted by molar-refractivity contribution is 5.78. The third-order valence-electron chi connectivity index (χ3n) is 4.62. The lowest BCUT2D eigenvalue weighted by Crippen LogP contribution is -2.52. The van der Waals surface area contributed by atoms with Crippen molar-refractivity contribution < 1.29 is 14.7 Å². The molecule has 0 radical (unpaired) electrons. The van der Waals surface area contributed by atoms with Crippen LogP contribution in [0.15, 0.2) is 0 Å². The van der Waals surface area contributed by atoms with Gasteiger partial charge in [0, 0.05) is 18.6 Å². The molecule has 2 atom stereocenters. The Balaban J connectivity index is 2.67. The van der Waals surface area contributed by atoms with Gasteiger partial charge in [-0.15, -0.1) is 0 Å². The van der Waals surface area contributed by atoms with Gasteiger partial charge in [-0.1, -0.05) is 27.7 Å². The number of likely N-dealkylation sites (tertiary alicyclic amines) is 1. The number of carboxylic acid groups (broad SMARTS) is 1. The lowest BCUT2D eigenvalue weighted by Gasteiger charge is -2.33. The topological polar surface area (TPSA) is 69.6 Å². The van der Waals surface area contributed by atoms with E-state index in [1.807, 2.05) is 6.92 Å². The number of aliphatic carboxylic acids is 1. The molecule has 0 aliphatic carbocycles. The third-order valence-corrected chi connectivity index (χ3v) is 4.62. The molecule has 0 spiro atoms. The number of carbonyl (C=O) groups is 2. The van der Waals surface area contributed by atoms with Gasteiger partial charge in [0.15, 0.2) is 0 Å². The van der Waals surface area contributed by atoms with Gasteiger partial charge < -0.3 is 15.3 Å². The molecule has 0 aromatic rings. The summed E-state index contributed by atoms with van der Waals surface area (Å²) < 4.78 is 0. The molecule has 5 nitrogen and oxygen atoms in total. The highest BCUT2D eigenvalue weighted by atomic mass is 16.4. The Morgan fingerprint density at radius 3 is 2.11 bits per heavy atom. The van der Waals surface area contributed by atoms with E-state index in [1.54, 1.807) is 4.90 Å². The zero-order chi connectivity index (χ0) is 14.6. The lowest BCUT2D eigenvalue weighted by molar-refractivity contribution is -0.142. The van der Waals surface area contributed by atoms with E-state index in [2.05, 4.69) is 26.1 Å². The van der Waals surface area contributed by atoms with Crippen LogP contribution in [-0.4, -0.2) is 40.6 Å². The highest BCUT2D eigenvalue weighted by Gasteiger charge is 2.38. The number of rotatable bonds is 5. The van der Waals surface area contributed by atoms with Gasteiger partial charge in [0.25, 0.3) is 0 Å². The monoisotopic (exact) mass is 270 g/mol. The predicted octanol–water partition coefficient (Wildman–Crippen LogP) is 2.32. The smallest absolute Gasteiger partial charge is 0.317 e. The van der Waals surface area contributed by atoms with Gasteiger partial charge in [-0.3, -0.25) is 4.79 Å². The van der Waals surface area contributed by atoms with E-state index in [9.17, 15) is 9.59 Å². The second-order valence-corrected chi connectivity index (χ2v) is 5.60. The van der Waals surface area contributed by atoms with Crippen LogP contribution in [0.2, 0.25) is 0 Å². The Morgan fingerprint density at radius 1 is 1.21 bits per heavy atom. The van der Waals surface area contributed by atoms with Crippen molar-refractivity contribution in [3.8, 4) is 0 Å². The Bertz CT molecular complexity index is 331. The van der Waals surface area contributed by atoms with Crippen molar-refractivity contribution in [3.63, 3.8) is 0 Å². The minimum Gasteiger partial charge on any atom is -0.481 e. The largest absolute Gasteiger partial charge is 0.481 e. The quantitative estimate of drug-likeness (QED) is 0.805. The fraction of sp³-hybridized carbons (Fsp3) is 0.857. The summed E-state index contributed by atoms with van der Waals surface area (Å²) in [5, 5.41) is 12.2. The van der Waals surface area contributed by atoms with Crippen LogP contribution >= 0.6 is 0 Å². The van der Waals surface area contributed by atoms with Gasteiger partial charge >= 0.3 is 12.0 Å². The molecule has 0 aromatic carbocycles. The Morgan fingerprint density at radius 2 is 1.74 bits per heavy atom. The Kier molecular flexibility index (Phi) is 5.20. The number of nitrogens with one attached hydrogen (secondary N) is 1. The van der Waals surface area contributed by atoms with Crippen molar-refractivity contribution in [1.29, 1.82) is 0 Å². The summed E-state index contributed by atoms with van der Waals surface area (Å²) in [7, 11) is 0. The third kappa shape index (κ3) is 3.39. The molecule has 2 amide bonds. The fourth-order valence-corrected chi connectivity index (χ4v) is 2.78. The maximum absolute atomic E-state index is 12.3. The van der Waals surface area contributed by atoms with Gasteiger partial charge in [-0.2, -0.15) is 0 Å². The summed E-state index contributed by atoms with van der Waals surface area (Å²) in [4.78, 5) is 25.0. The first-order chi connectivity index (χ1) is 8.89. The van der Waals surface area contributed by atoms with E-state index in [0.29, 0.717) is 13.1 Å². The van der Waals surface area contributed by atoms with Crippen molar-refractivity contribution >= 4 is 12.0 Å². The average Bonchev–Trinajstić information content (AvgIpc) is 2.78. The van der Waals surface area contributed by atoms with E-state index < -0.39 is 11.9 Å². The van der Waals surface area contributed by atoms with Crippen molar-refractivity contribution in [2.24, 2.45) is 11.8 Å². The van der Waals surface area contributed by atoms with Crippen LogP contribution in [0.1, 0.15) is 47.0 Å². The molecular formula is C14H26N2O3. The van der Waals surface area contributed by atoms with Crippen LogP contribution in [0, 0.1) is 11.8 Å². The van der Waals surface area contributed by atoms with Gasteiger partial charge in [0.2, 0.25) is 0 Å². The first-order valence-electron chi connectivity index (χ1n) is 7.19. The van der Waals surface area contributed by atoms with Crippen molar-refractivity contribution in [3.05, 3.63) is 0 Å². The second-order valence-electron chi connectivity index (χ2n) is 5.60. The molecule has 19 heavy (non-hydrogen) atoms. The first kappa shape index (κ1) is 15.8. The van der Waals surface area contributed by atoms with Crippen molar-refractivity contribution in [2.75, 3.05) is 13.1 Å². The van der Waals surface area contributed by atoms with Crippen LogP contribution in [0.4, 0.5) is 4.79 Å². The maximum Gasteiger partial charge on any atom is 0.317 e. The Labute approximate surface area is 115 Å². The maximum atomic E-state index is 12.3. The highest BCUT2D eigenvalue weighted by Crippen LogP contribution is 2.25. The van der Waals surface area contributed by atoms with E-state index >= 15 is 0 Å². The van der Waals surface area contributed by atoms with Crippen LogP contribution in [0.3, 0.4) is 0 Å². The van der Waals surface area contributed by atoms with E-state index in [0.717, 1.165) is 19.3 Å². The summed E-state index contributed by atoms with van der Waals surface area (Å²) in [5.74, 6) is -1.23. The summed E-state index contributed by atoms with van der Waals surface area (Å²) in [6.07, 6.45) is 2.66. The summed E-state index contributed by atoms with van der Waals surface area (Å²) in [6, 6.07) is -0.124. The number of nitrogens with zero attached hydrogens (tertiary/aromatic N) is 1. The minimum absolute atomic E-state index is 0.0162. The molecule has 1 aliphatic heterocycles. The van der Waals surface area contributed by atoms with Gasteiger partial charge in [0.05, 0.1) is 5.92 Å². The molecule has 1 aliphatic rings. The Hall–Kier alpha value is -1.26. The summed E-state index contributed by atoms with van der Waals surface area (Å²) in [5.41, 5.74) is -0.165. The van der Waals surface area contributed by atoms with Crippen LogP contribution in [0.25, 0.3) is 0 Å². The lowest BCUT2D eigenvalue weighted by atomic mass is 9.90. The zero-order valence-electron chi connectivity index (χ0n) is 12.4. The molecule has 0 bridgehead atoms. The standard InChI is InChI=1S/C14H26N2O3/c1-5-14(6-2,7-3)15-13(19)16-8-10(4)11(9-16)12(17)18/h10-11H,5-9H2,1-4H3,(H,15,19)(H,17,18)/t10-,11-/m1/s1. The number of carbonyl (C=O) groups excluding carboxylic acids is 1. The number of hydrogen-bond donors (Lipinski definition) is 2. The fourth-order valence-electron chi connectivity index (χ4n) is 2.78. The molecule has 1 saturated heterocycles. The van der Waals surface area contributed by atoms with Gasteiger partial charge in [-0.25, -0.2) is 4.79 Å². The molecule has 5 heteroatoms.